The number of alkyl halides is 3. The lowest BCUT2D eigenvalue weighted by atomic mass is 10.2. The van der Waals surface area contributed by atoms with Crippen molar-refractivity contribution in [3.63, 3.8) is 0 Å². The van der Waals surface area contributed by atoms with Gasteiger partial charge in [-0.3, -0.25) is 9.89 Å². The first-order valence-electron chi connectivity index (χ1n) is 10.5. The van der Waals surface area contributed by atoms with Crippen molar-refractivity contribution in [1.29, 1.82) is 5.26 Å². The number of H-pyrrole nitrogens is 1. The third-order valence-electron chi connectivity index (χ3n) is 5.51. The van der Waals surface area contributed by atoms with Gasteiger partial charge in [-0.15, -0.1) is 5.10 Å². The topological polar surface area (TPSA) is 149 Å². The number of aromatic amines is 1. The van der Waals surface area contributed by atoms with Gasteiger partial charge in [0.2, 0.25) is 11.8 Å². The van der Waals surface area contributed by atoms with Crippen LogP contribution in [0.25, 0.3) is 22.2 Å². The van der Waals surface area contributed by atoms with Crippen LogP contribution >= 0.6 is 0 Å². The van der Waals surface area contributed by atoms with Crippen molar-refractivity contribution in [1.82, 2.24) is 34.3 Å². The fraction of sp³-hybridized carbons (Fsp3) is 0.182. The molecular weight excluding hydrogens is 495 g/mol. The predicted octanol–water partition coefficient (Wildman–Crippen LogP) is 3.37. The first kappa shape index (κ1) is 23.6. The molecule has 15 heteroatoms. The number of aromatic nitrogens is 7. The van der Waals surface area contributed by atoms with Gasteiger partial charge in [0.25, 0.3) is 5.56 Å². The van der Waals surface area contributed by atoms with Gasteiger partial charge < -0.3 is 23.9 Å². The van der Waals surface area contributed by atoms with Crippen LogP contribution in [0.15, 0.2) is 35.5 Å². The van der Waals surface area contributed by atoms with Gasteiger partial charge in [0.05, 0.1) is 30.5 Å². The van der Waals surface area contributed by atoms with Crippen molar-refractivity contribution in [3.05, 3.63) is 52.2 Å². The second kappa shape index (κ2) is 8.52. The molecule has 0 aromatic carbocycles. The SMILES string of the molecule is COc1n[nH]c2ncc(Oc3cnc4nc(Nc5cc(C(F)(F)F)cn(C)c5=O)n(C)c4c3C#N)cc12. The van der Waals surface area contributed by atoms with Crippen molar-refractivity contribution < 1.29 is 22.6 Å². The molecule has 5 rings (SSSR count). The highest BCUT2D eigenvalue weighted by Gasteiger charge is 2.32. The van der Waals surface area contributed by atoms with Gasteiger partial charge in [0, 0.05) is 20.3 Å². The van der Waals surface area contributed by atoms with Crippen LogP contribution in [0.3, 0.4) is 0 Å². The Morgan fingerprint density at radius 2 is 1.97 bits per heavy atom. The van der Waals surface area contributed by atoms with Gasteiger partial charge in [-0.1, -0.05) is 0 Å². The molecule has 5 aromatic rings. The van der Waals surface area contributed by atoms with E-state index in [0.717, 1.165) is 4.57 Å². The number of nitrogens with one attached hydrogen (secondary N) is 2. The fourth-order valence-corrected chi connectivity index (χ4v) is 3.73. The highest BCUT2D eigenvalue weighted by atomic mass is 19.4. The molecule has 0 aliphatic heterocycles. The number of nitrogens with zero attached hydrogens (tertiary/aromatic N) is 7. The van der Waals surface area contributed by atoms with Crippen LogP contribution in [0.4, 0.5) is 24.8 Å². The van der Waals surface area contributed by atoms with E-state index in [0.29, 0.717) is 29.2 Å². The molecule has 0 bridgehead atoms. The van der Waals surface area contributed by atoms with Crippen molar-refractivity contribution in [2.24, 2.45) is 14.1 Å². The van der Waals surface area contributed by atoms with Gasteiger partial charge in [-0.2, -0.15) is 23.4 Å². The van der Waals surface area contributed by atoms with E-state index in [2.05, 4.69) is 30.5 Å². The van der Waals surface area contributed by atoms with E-state index >= 15 is 0 Å². The number of ether oxygens (including phenoxy) is 2. The van der Waals surface area contributed by atoms with E-state index < -0.39 is 17.3 Å². The summed E-state index contributed by atoms with van der Waals surface area (Å²) >= 11 is 0. The summed E-state index contributed by atoms with van der Waals surface area (Å²) in [5.41, 5.74) is -1.17. The van der Waals surface area contributed by atoms with Crippen LogP contribution < -0.4 is 20.3 Å². The molecule has 0 saturated carbocycles. The first-order chi connectivity index (χ1) is 17.6. The van der Waals surface area contributed by atoms with Gasteiger partial charge in [0.15, 0.2) is 17.0 Å². The number of aryl methyl sites for hydroxylation is 2. The van der Waals surface area contributed by atoms with Crippen molar-refractivity contribution in [3.8, 4) is 23.4 Å². The van der Waals surface area contributed by atoms with Crippen LogP contribution in [-0.4, -0.2) is 41.4 Å². The Labute approximate surface area is 204 Å². The van der Waals surface area contributed by atoms with Gasteiger partial charge >= 0.3 is 6.18 Å². The van der Waals surface area contributed by atoms with E-state index in [1.165, 1.54) is 38.2 Å². The van der Waals surface area contributed by atoms with Crippen molar-refractivity contribution in [2.75, 3.05) is 12.4 Å². The normalized spacial score (nSPS) is 11.6. The highest BCUT2D eigenvalue weighted by molar-refractivity contribution is 5.85. The number of methoxy groups -OCH3 is 1. The van der Waals surface area contributed by atoms with E-state index in [1.54, 1.807) is 6.07 Å². The maximum Gasteiger partial charge on any atom is 0.417 e. The molecule has 0 saturated heterocycles. The standard InChI is InChI=1S/C22H16F3N9O3/c1-33-9-10(22(23,24)25)4-14(20(33)35)29-21-30-18-16(34(21)2)13(6-26)15(8-28-18)37-11-5-12-17(27-7-11)31-32-19(12)36-3/h4-5,7-9H,1-3H3,(H,27,31,32)(H,28,29,30). The van der Waals surface area contributed by atoms with Crippen LogP contribution in [0.2, 0.25) is 0 Å². The van der Waals surface area contributed by atoms with Gasteiger partial charge in [0.1, 0.15) is 28.6 Å². The number of imidazole rings is 1. The maximum absolute atomic E-state index is 13.3. The van der Waals surface area contributed by atoms with Crippen molar-refractivity contribution in [2.45, 2.75) is 6.18 Å². The Hall–Kier alpha value is -5.13. The minimum atomic E-state index is -4.66. The van der Waals surface area contributed by atoms with E-state index in [9.17, 15) is 23.2 Å². The number of nitriles is 1. The average molecular weight is 511 g/mol. The molecule has 0 aliphatic rings. The summed E-state index contributed by atoms with van der Waals surface area (Å²) < 4.78 is 53.0. The zero-order valence-corrected chi connectivity index (χ0v) is 19.4. The molecule has 0 atom stereocenters. The molecule has 5 heterocycles. The second-order valence-electron chi connectivity index (χ2n) is 7.86. The summed E-state index contributed by atoms with van der Waals surface area (Å²) in [6.07, 6.45) is -1.25. The summed E-state index contributed by atoms with van der Waals surface area (Å²) in [4.78, 5) is 25.1. The molecule has 37 heavy (non-hydrogen) atoms. The van der Waals surface area contributed by atoms with Gasteiger partial charge in [-0.05, 0) is 12.1 Å². The molecule has 0 unspecified atom stereocenters. The molecular formula is C22H16F3N9O3. The third-order valence-corrected chi connectivity index (χ3v) is 5.51. The van der Waals surface area contributed by atoms with Crippen LogP contribution in [0.1, 0.15) is 11.1 Å². The Morgan fingerprint density at radius 3 is 2.68 bits per heavy atom. The molecule has 2 N–H and O–H groups in total. The van der Waals surface area contributed by atoms with Crippen LogP contribution in [0, 0.1) is 11.3 Å². The summed E-state index contributed by atoms with van der Waals surface area (Å²) in [5, 5.41) is 19.8. The van der Waals surface area contributed by atoms with E-state index in [4.69, 9.17) is 9.47 Å². The minimum Gasteiger partial charge on any atom is -0.479 e. The maximum atomic E-state index is 13.3. The summed E-state index contributed by atoms with van der Waals surface area (Å²) in [6.45, 7) is 0. The smallest absolute Gasteiger partial charge is 0.417 e. The molecule has 188 valence electrons. The Morgan fingerprint density at radius 1 is 1.19 bits per heavy atom. The largest absolute Gasteiger partial charge is 0.479 e. The van der Waals surface area contributed by atoms with Crippen LogP contribution in [0.5, 0.6) is 17.4 Å². The fourth-order valence-electron chi connectivity index (χ4n) is 3.73. The Bertz CT molecular complexity index is 1780. The zero-order chi connectivity index (χ0) is 26.5. The molecule has 0 radical (unpaired) electrons. The Kier molecular flexibility index (Phi) is 5.43. The molecule has 0 aliphatic carbocycles. The monoisotopic (exact) mass is 511 g/mol. The number of pyridine rings is 3. The molecule has 0 spiro atoms. The minimum absolute atomic E-state index is 0.00112. The lowest BCUT2D eigenvalue weighted by Gasteiger charge is -2.12. The highest BCUT2D eigenvalue weighted by Crippen LogP contribution is 2.34. The first-order valence-corrected chi connectivity index (χ1v) is 10.5. The number of fused-ring (bicyclic) bond motifs is 2. The van der Waals surface area contributed by atoms with E-state index in [1.807, 2.05) is 6.07 Å². The summed E-state index contributed by atoms with van der Waals surface area (Å²) in [6, 6.07) is 4.37. The quantitative estimate of drug-likeness (QED) is 0.362. The summed E-state index contributed by atoms with van der Waals surface area (Å²) in [5.74, 6) is 0.671. The number of hydrogen-bond donors (Lipinski definition) is 2. The van der Waals surface area contributed by atoms with Crippen LogP contribution in [-0.2, 0) is 20.3 Å². The Balaban J connectivity index is 1.55. The second-order valence-corrected chi connectivity index (χ2v) is 7.86. The number of rotatable bonds is 5. The lowest BCUT2D eigenvalue weighted by molar-refractivity contribution is -0.138. The summed E-state index contributed by atoms with van der Waals surface area (Å²) in [7, 11) is 4.19. The van der Waals surface area contributed by atoms with E-state index in [-0.39, 0.29) is 39.9 Å². The zero-order valence-electron chi connectivity index (χ0n) is 19.4. The molecule has 12 nitrogen and oxygen atoms in total. The van der Waals surface area contributed by atoms with Crippen molar-refractivity contribution >= 4 is 33.8 Å². The number of anilines is 2. The number of halogens is 3. The molecule has 5 aromatic heterocycles. The predicted molar refractivity (Wildman–Crippen MR) is 124 cm³/mol. The number of hydrogen-bond acceptors (Lipinski definition) is 9. The lowest BCUT2D eigenvalue weighted by Crippen LogP contribution is -2.23. The average Bonchev–Trinajstić information content (AvgIpc) is 3.41. The molecule has 0 fully saturated rings. The third kappa shape index (κ3) is 4.03. The van der Waals surface area contributed by atoms with Gasteiger partial charge in [-0.25, -0.2) is 9.97 Å². The molecule has 0 amide bonds.